The first-order chi connectivity index (χ1) is 9.06. The summed E-state index contributed by atoms with van der Waals surface area (Å²) >= 11 is 0. The van der Waals surface area contributed by atoms with Crippen molar-refractivity contribution in [2.24, 2.45) is 0 Å². The van der Waals surface area contributed by atoms with E-state index in [1.54, 1.807) is 12.0 Å². The van der Waals surface area contributed by atoms with Crippen molar-refractivity contribution < 1.29 is 24.2 Å². The Morgan fingerprint density at radius 1 is 1.58 bits per heavy atom. The third kappa shape index (κ3) is 5.44. The highest BCUT2D eigenvalue weighted by atomic mass is 16.5. The molecular weight excluding hydrogens is 252 g/mol. The van der Waals surface area contributed by atoms with Gasteiger partial charge in [0.2, 0.25) is 0 Å². The number of hydrogen-bond acceptors (Lipinski definition) is 4. The molecule has 1 saturated heterocycles. The Kier molecular flexibility index (Phi) is 6.58. The molecule has 1 aliphatic rings. The molecule has 1 heterocycles. The molecular formula is C12H22N2O5. The van der Waals surface area contributed by atoms with Gasteiger partial charge >= 0.3 is 12.0 Å². The third-order valence-corrected chi connectivity index (χ3v) is 3.02. The van der Waals surface area contributed by atoms with Crippen LogP contribution in [0.25, 0.3) is 0 Å². The molecule has 2 N–H and O–H groups in total. The summed E-state index contributed by atoms with van der Waals surface area (Å²) in [6, 6.07) is -0.221. The fourth-order valence-electron chi connectivity index (χ4n) is 1.95. The van der Waals surface area contributed by atoms with E-state index in [9.17, 15) is 9.59 Å². The second kappa shape index (κ2) is 7.96. The van der Waals surface area contributed by atoms with Crippen molar-refractivity contribution in [2.75, 3.05) is 33.4 Å². The van der Waals surface area contributed by atoms with Gasteiger partial charge in [0.25, 0.3) is 0 Å². The summed E-state index contributed by atoms with van der Waals surface area (Å²) in [7, 11) is 1.59. The average molecular weight is 274 g/mol. The predicted molar refractivity (Wildman–Crippen MR) is 68.1 cm³/mol. The van der Waals surface area contributed by atoms with Crippen molar-refractivity contribution in [3.05, 3.63) is 0 Å². The average Bonchev–Trinajstić information content (AvgIpc) is 2.37. The molecule has 0 aromatic rings. The standard InChI is InChI=1S/C12H22N2O5/c1-3-9(8-18-2)13-12(17)14-4-5-19-10(7-14)6-11(15)16/h9-10H,3-8H2,1-2H3,(H,13,17)(H,15,16). The van der Waals surface area contributed by atoms with E-state index in [0.717, 1.165) is 6.42 Å². The van der Waals surface area contributed by atoms with E-state index in [4.69, 9.17) is 14.6 Å². The number of hydrogen-bond donors (Lipinski definition) is 2. The van der Waals surface area contributed by atoms with Crippen LogP contribution < -0.4 is 5.32 Å². The van der Waals surface area contributed by atoms with Crippen molar-refractivity contribution in [3.63, 3.8) is 0 Å². The molecule has 7 heteroatoms. The number of aliphatic carboxylic acids is 1. The van der Waals surface area contributed by atoms with Crippen molar-refractivity contribution in [1.29, 1.82) is 0 Å². The van der Waals surface area contributed by atoms with Crippen LogP contribution in [0.15, 0.2) is 0 Å². The van der Waals surface area contributed by atoms with E-state index in [2.05, 4.69) is 5.32 Å². The summed E-state index contributed by atoms with van der Waals surface area (Å²) < 4.78 is 10.3. The van der Waals surface area contributed by atoms with Crippen molar-refractivity contribution in [2.45, 2.75) is 31.9 Å². The maximum absolute atomic E-state index is 12.0. The Morgan fingerprint density at radius 3 is 2.89 bits per heavy atom. The number of ether oxygens (including phenoxy) is 2. The normalized spacial score (nSPS) is 20.9. The Hall–Kier alpha value is -1.34. The first kappa shape index (κ1) is 15.7. The molecule has 0 aliphatic carbocycles. The number of urea groups is 1. The molecule has 110 valence electrons. The van der Waals surface area contributed by atoms with Crippen LogP contribution in [-0.2, 0) is 14.3 Å². The van der Waals surface area contributed by atoms with Gasteiger partial charge in [-0.25, -0.2) is 4.79 Å². The van der Waals surface area contributed by atoms with Crippen molar-refractivity contribution in [1.82, 2.24) is 10.2 Å². The summed E-state index contributed by atoms with van der Waals surface area (Å²) in [5, 5.41) is 11.6. The number of nitrogens with zero attached hydrogens (tertiary/aromatic N) is 1. The van der Waals surface area contributed by atoms with Gasteiger partial charge in [-0.2, -0.15) is 0 Å². The van der Waals surface area contributed by atoms with Crippen molar-refractivity contribution >= 4 is 12.0 Å². The van der Waals surface area contributed by atoms with E-state index < -0.39 is 12.1 Å². The monoisotopic (exact) mass is 274 g/mol. The molecule has 19 heavy (non-hydrogen) atoms. The van der Waals surface area contributed by atoms with E-state index >= 15 is 0 Å². The Bertz CT molecular complexity index is 310. The van der Waals surface area contributed by atoms with Gasteiger partial charge in [0.15, 0.2) is 0 Å². The SMILES string of the molecule is CCC(COC)NC(=O)N1CCOC(CC(=O)O)C1. The van der Waals surface area contributed by atoms with Gasteiger partial charge in [-0.1, -0.05) is 6.92 Å². The summed E-state index contributed by atoms with van der Waals surface area (Å²) in [6.07, 6.45) is 0.265. The fraction of sp³-hybridized carbons (Fsp3) is 0.833. The van der Waals surface area contributed by atoms with Crippen LogP contribution in [0.5, 0.6) is 0 Å². The zero-order chi connectivity index (χ0) is 14.3. The molecule has 0 radical (unpaired) electrons. The van der Waals surface area contributed by atoms with Gasteiger partial charge < -0.3 is 24.8 Å². The smallest absolute Gasteiger partial charge is 0.317 e. The first-order valence-electron chi connectivity index (χ1n) is 6.44. The van der Waals surface area contributed by atoms with Crippen LogP contribution in [0.4, 0.5) is 4.79 Å². The van der Waals surface area contributed by atoms with Gasteiger partial charge in [0.05, 0.1) is 31.8 Å². The quantitative estimate of drug-likeness (QED) is 0.727. The molecule has 1 fully saturated rings. The van der Waals surface area contributed by atoms with E-state index in [-0.39, 0.29) is 18.5 Å². The minimum absolute atomic E-state index is 0.0294. The second-order valence-corrected chi connectivity index (χ2v) is 4.55. The lowest BCUT2D eigenvalue weighted by molar-refractivity contribution is -0.141. The Morgan fingerprint density at radius 2 is 2.32 bits per heavy atom. The zero-order valence-electron chi connectivity index (χ0n) is 11.4. The number of rotatable bonds is 6. The largest absolute Gasteiger partial charge is 0.481 e. The minimum Gasteiger partial charge on any atom is -0.481 e. The number of nitrogens with one attached hydrogen (secondary N) is 1. The lowest BCUT2D eigenvalue weighted by Crippen LogP contribution is -2.52. The highest BCUT2D eigenvalue weighted by Gasteiger charge is 2.26. The van der Waals surface area contributed by atoms with E-state index in [1.165, 1.54) is 0 Å². The van der Waals surface area contributed by atoms with Crippen LogP contribution in [0, 0.1) is 0 Å². The molecule has 0 bridgehead atoms. The van der Waals surface area contributed by atoms with Crippen LogP contribution >= 0.6 is 0 Å². The molecule has 0 spiro atoms. The van der Waals surface area contributed by atoms with Gasteiger partial charge in [-0.15, -0.1) is 0 Å². The van der Waals surface area contributed by atoms with Crippen LogP contribution in [0.3, 0.4) is 0 Å². The van der Waals surface area contributed by atoms with Crippen molar-refractivity contribution in [3.8, 4) is 0 Å². The lowest BCUT2D eigenvalue weighted by atomic mass is 10.2. The Balaban J connectivity index is 2.44. The topological polar surface area (TPSA) is 88.1 Å². The van der Waals surface area contributed by atoms with Gasteiger partial charge in [0, 0.05) is 20.2 Å². The number of carboxylic acid groups (broad SMARTS) is 1. The van der Waals surface area contributed by atoms with Gasteiger partial charge in [-0.3, -0.25) is 4.79 Å². The molecule has 0 aromatic heterocycles. The number of methoxy groups -OCH3 is 1. The predicted octanol–water partition coefficient (Wildman–Crippen LogP) is 0.297. The fourth-order valence-corrected chi connectivity index (χ4v) is 1.95. The molecule has 2 unspecified atom stereocenters. The molecule has 0 saturated carbocycles. The molecule has 7 nitrogen and oxygen atoms in total. The number of carbonyl (C=O) groups is 2. The summed E-state index contributed by atoms with van der Waals surface area (Å²) in [5.41, 5.74) is 0. The lowest BCUT2D eigenvalue weighted by Gasteiger charge is -2.33. The third-order valence-electron chi connectivity index (χ3n) is 3.02. The summed E-state index contributed by atoms with van der Waals surface area (Å²) in [4.78, 5) is 24.3. The van der Waals surface area contributed by atoms with Crippen LogP contribution in [0.1, 0.15) is 19.8 Å². The number of amides is 2. The van der Waals surface area contributed by atoms with Gasteiger partial charge in [-0.05, 0) is 6.42 Å². The van der Waals surface area contributed by atoms with E-state index in [1.807, 2.05) is 6.92 Å². The summed E-state index contributed by atoms with van der Waals surface area (Å²) in [6.45, 7) is 3.58. The minimum atomic E-state index is -0.918. The van der Waals surface area contributed by atoms with Gasteiger partial charge in [0.1, 0.15) is 0 Å². The number of carbonyl (C=O) groups excluding carboxylic acids is 1. The number of carboxylic acids is 1. The van der Waals surface area contributed by atoms with Crippen LogP contribution in [-0.4, -0.2) is 67.6 Å². The molecule has 0 aromatic carbocycles. The Labute approximate surface area is 112 Å². The first-order valence-corrected chi connectivity index (χ1v) is 6.44. The zero-order valence-corrected chi connectivity index (χ0v) is 11.4. The maximum atomic E-state index is 12.0. The highest BCUT2D eigenvalue weighted by molar-refractivity contribution is 5.75. The maximum Gasteiger partial charge on any atom is 0.317 e. The molecule has 2 atom stereocenters. The second-order valence-electron chi connectivity index (χ2n) is 4.55. The molecule has 2 amide bonds. The molecule has 1 rings (SSSR count). The highest BCUT2D eigenvalue weighted by Crippen LogP contribution is 2.09. The van der Waals surface area contributed by atoms with Crippen LogP contribution in [0.2, 0.25) is 0 Å². The number of morpholine rings is 1. The molecule has 1 aliphatic heterocycles. The summed E-state index contributed by atoms with van der Waals surface area (Å²) in [5.74, 6) is -0.918. The van der Waals surface area contributed by atoms with E-state index in [0.29, 0.717) is 26.3 Å².